The second kappa shape index (κ2) is 11.0. The topological polar surface area (TPSA) is 106 Å². The summed E-state index contributed by atoms with van der Waals surface area (Å²) in [6, 6.07) is 9.20. The van der Waals surface area contributed by atoms with Crippen LogP contribution in [-0.4, -0.2) is 61.1 Å². The molecule has 1 heterocycles. The first-order valence-electron chi connectivity index (χ1n) is 10.7. The van der Waals surface area contributed by atoms with Gasteiger partial charge in [-0.3, -0.25) is 4.79 Å². The summed E-state index contributed by atoms with van der Waals surface area (Å²) in [7, 11) is 0.879. The van der Waals surface area contributed by atoms with Crippen LogP contribution in [0.25, 0.3) is 0 Å². The Kier molecular flexibility index (Phi) is 8.91. The van der Waals surface area contributed by atoms with Crippen molar-refractivity contribution in [2.45, 2.75) is 76.6 Å². The number of amides is 2. The zero-order valence-corrected chi connectivity index (χ0v) is 19.1. The standard InChI is InChI=1S/C22H35BN2O6/c1-21(2)22(3,4)31-23(30-21)18(13-9-12-16-10-7-6-8-11-16)25-19(26)17(14-15-29-5)24-20(27)28/h6-8,10-11,17-18,24H,9,12-15H2,1-5H3,(H,25,26)(H,27,28)/t17-,18+/m1/s1. The van der Waals surface area contributed by atoms with E-state index in [1.54, 1.807) is 0 Å². The van der Waals surface area contributed by atoms with Crippen molar-refractivity contribution in [3.05, 3.63) is 35.9 Å². The van der Waals surface area contributed by atoms with E-state index in [2.05, 4.69) is 22.8 Å². The second-order valence-electron chi connectivity index (χ2n) is 8.90. The maximum Gasteiger partial charge on any atom is 0.481 e. The number of hydrogen-bond donors (Lipinski definition) is 3. The van der Waals surface area contributed by atoms with Gasteiger partial charge in [0.1, 0.15) is 6.04 Å². The van der Waals surface area contributed by atoms with Gasteiger partial charge in [0.2, 0.25) is 5.91 Å². The van der Waals surface area contributed by atoms with Gasteiger partial charge in [0.25, 0.3) is 0 Å². The summed E-state index contributed by atoms with van der Waals surface area (Å²) in [4.78, 5) is 24.0. The molecule has 172 valence electrons. The molecule has 1 saturated heterocycles. The summed E-state index contributed by atoms with van der Waals surface area (Å²) >= 11 is 0. The average Bonchev–Trinajstić information content (AvgIpc) is 2.92. The molecule has 0 radical (unpaired) electrons. The predicted molar refractivity (Wildman–Crippen MR) is 119 cm³/mol. The molecule has 3 N–H and O–H groups in total. The molecule has 1 aliphatic heterocycles. The lowest BCUT2D eigenvalue weighted by Gasteiger charge is -2.32. The lowest BCUT2D eigenvalue weighted by Crippen LogP contribution is -2.54. The maximum atomic E-state index is 12.9. The van der Waals surface area contributed by atoms with Crippen LogP contribution < -0.4 is 10.6 Å². The molecule has 0 bridgehead atoms. The monoisotopic (exact) mass is 434 g/mol. The van der Waals surface area contributed by atoms with Crippen molar-refractivity contribution in [2.75, 3.05) is 13.7 Å². The number of benzene rings is 1. The Bertz CT molecular complexity index is 712. The predicted octanol–water partition coefficient (Wildman–Crippen LogP) is 2.80. The van der Waals surface area contributed by atoms with E-state index < -0.39 is 42.3 Å². The second-order valence-corrected chi connectivity index (χ2v) is 8.90. The van der Waals surface area contributed by atoms with Gasteiger partial charge in [-0.15, -0.1) is 0 Å². The van der Waals surface area contributed by atoms with Crippen LogP contribution in [0.5, 0.6) is 0 Å². The van der Waals surface area contributed by atoms with E-state index in [9.17, 15) is 9.59 Å². The lowest BCUT2D eigenvalue weighted by molar-refractivity contribution is -0.124. The Labute approximate surface area is 185 Å². The molecular weight excluding hydrogens is 399 g/mol. The van der Waals surface area contributed by atoms with Crippen molar-refractivity contribution in [2.24, 2.45) is 0 Å². The molecule has 9 heteroatoms. The summed E-state index contributed by atoms with van der Waals surface area (Å²) in [5.74, 6) is -0.836. The third-order valence-corrected chi connectivity index (χ3v) is 5.98. The molecule has 8 nitrogen and oxygen atoms in total. The van der Waals surface area contributed by atoms with Gasteiger partial charge in [0.05, 0.1) is 17.1 Å². The van der Waals surface area contributed by atoms with Crippen LogP contribution in [0.4, 0.5) is 4.79 Å². The maximum absolute atomic E-state index is 12.9. The van der Waals surface area contributed by atoms with Gasteiger partial charge < -0.3 is 29.8 Å². The summed E-state index contributed by atoms with van der Waals surface area (Å²) in [6.07, 6.45) is 1.27. The van der Waals surface area contributed by atoms with Gasteiger partial charge in [-0.2, -0.15) is 0 Å². The zero-order chi connectivity index (χ0) is 23.1. The van der Waals surface area contributed by atoms with E-state index in [1.165, 1.54) is 12.7 Å². The fraction of sp³-hybridized carbons (Fsp3) is 0.636. The summed E-state index contributed by atoms with van der Waals surface area (Å²) in [5.41, 5.74) is 0.149. The van der Waals surface area contributed by atoms with E-state index in [4.69, 9.17) is 19.2 Å². The Morgan fingerprint density at radius 2 is 1.68 bits per heavy atom. The van der Waals surface area contributed by atoms with E-state index >= 15 is 0 Å². The molecule has 1 aliphatic rings. The molecule has 1 fully saturated rings. The quantitative estimate of drug-likeness (QED) is 0.463. The Hall–Kier alpha value is -2.10. The third-order valence-electron chi connectivity index (χ3n) is 5.98. The molecule has 2 rings (SSSR count). The Morgan fingerprint density at radius 3 is 2.23 bits per heavy atom. The number of rotatable bonds is 11. The molecule has 0 saturated carbocycles. The minimum absolute atomic E-state index is 0.231. The van der Waals surface area contributed by atoms with Crippen molar-refractivity contribution >= 4 is 19.1 Å². The van der Waals surface area contributed by atoms with Gasteiger partial charge >= 0.3 is 13.2 Å². The lowest BCUT2D eigenvalue weighted by atomic mass is 9.75. The van der Waals surface area contributed by atoms with Crippen LogP contribution in [0, 0.1) is 0 Å². The number of carboxylic acid groups (broad SMARTS) is 1. The first-order valence-corrected chi connectivity index (χ1v) is 10.7. The smallest absolute Gasteiger partial charge is 0.465 e. The van der Waals surface area contributed by atoms with Crippen LogP contribution in [0.1, 0.15) is 52.5 Å². The SMILES string of the molecule is COCC[C@@H](NC(=O)O)C(=O)N[C@@H](CCCc1ccccc1)B1OC(C)(C)C(C)(C)O1. The van der Waals surface area contributed by atoms with Gasteiger partial charge in [-0.1, -0.05) is 30.3 Å². The van der Waals surface area contributed by atoms with Crippen molar-refractivity contribution in [3.63, 3.8) is 0 Å². The van der Waals surface area contributed by atoms with Crippen LogP contribution in [0.3, 0.4) is 0 Å². The van der Waals surface area contributed by atoms with E-state index in [0.717, 1.165) is 12.8 Å². The van der Waals surface area contributed by atoms with Crippen LogP contribution in [0.15, 0.2) is 30.3 Å². The zero-order valence-electron chi connectivity index (χ0n) is 19.1. The van der Waals surface area contributed by atoms with Crippen molar-refractivity contribution in [1.29, 1.82) is 0 Å². The van der Waals surface area contributed by atoms with Crippen molar-refractivity contribution in [3.8, 4) is 0 Å². The molecule has 31 heavy (non-hydrogen) atoms. The highest BCUT2D eigenvalue weighted by atomic mass is 16.7. The molecule has 1 aromatic rings. The number of carbonyl (C=O) groups excluding carboxylic acids is 1. The average molecular weight is 434 g/mol. The molecular formula is C22H35BN2O6. The van der Waals surface area contributed by atoms with Gasteiger partial charge in [0, 0.05) is 20.1 Å². The van der Waals surface area contributed by atoms with Crippen LogP contribution >= 0.6 is 0 Å². The van der Waals surface area contributed by atoms with E-state index in [1.807, 2.05) is 45.9 Å². The molecule has 1 aromatic carbocycles. The number of methoxy groups -OCH3 is 1. The molecule has 0 unspecified atom stereocenters. The third kappa shape index (κ3) is 7.23. The van der Waals surface area contributed by atoms with Crippen LogP contribution in [-0.2, 0) is 25.3 Å². The van der Waals surface area contributed by atoms with E-state index in [-0.39, 0.29) is 13.0 Å². The number of hydrogen-bond acceptors (Lipinski definition) is 5. The van der Waals surface area contributed by atoms with Crippen molar-refractivity contribution in [1.82, 2.24) is 10.6 Å². The normalized spacial score (nSPS) is 18.9. The van der Waals surface area contributed by atoms with Gasteiger partial charge in [-0.25, -0.2) is 4.79 Å². The first kappa shape index (κ1) is 25.2. The number of ether oxygens (including phenoxy) is 1. The molecule has 2 amide bonds. The van der Waals surface area contributed by atoms with Crippen molar-refractivity contribution < 1.29 is 28.7 Å². The highest BCUT2D eigenvalue weighted by Gasteiger charge is 2.54. The summed E-state index contributed by atoms with van der Waals surface area (Å²) in [5, 5.41) is 14.3. The number of carbonyl (C=O) groups is 2. The summed E-state index contributed by atoms with van der Waals surface area (Å²) in [6.45, 7) is 8.10. The number of aryl methyl sites for hydroxylation is 1. The Morgan fingerprint density at radius 1 is 1.06 bits per heavy atom. The van der Waals surface area contributed by atoms with Gasteiger partial charge in [-0.05, 0) is 52.5 Å². The fourth-order valence-corrected chi connectivity index (χ4v) is 3.44. The fourth-order valence-electron chi connectivity index (χ4n) is 3.44. The van der Waals surface area contributed by atoms with E-state index in [0.29, 0.717) is 6.42 Å². The minimum atomic E-state index is -1.26. The molecule has 0 spiro atoms. The Balaban J connectivity index is 2.10. The van der Waals surface area contributed by atoms with Crippen LogP contribution in [0.2, 0.25) is 0 Å². The first-order chi connectivity index (χ1) is 14.6. The highest BCUT2D eigenvalue weighted by Crippen LogP contribution is 2.38. The molecule has 0 aromatic heterocycles. The number of nitrogens with one attached hydrogen (secondary N) is 2. The largest absolute Gasteiger partial charge is 0.481 e. The minimum Gasteiger partial charge on any atom is -0.465 e. The highest BCUT2D eigenvalue weighted by molar-refractivity contribution is 6.48. The molecule has 0 aliphatic carbocycles. The molecule has 2 atom stereocenters. The van der Waals surface area contributed by atoms with Gasteiger partial charge in [0.15, 0.2) is 0 Å². The summed E-state index contributed by atoms with van der Waals surface area (Å²) < 4.78 is 17.4.